The van der Waals surface area contributed by atoms with Crippen LogP contribution in [0, 0.1) is 0 Å². The van der Waals surface area contributed by atoms with Crippen LogP contribution in [0.15, 0.2) is 29.6 Å². The van der Waals surface area contributed by atoms with Gasteiger partial charge in [-0.05, 0) is 30.4 Å². The standard InChI is InChI=1S/C13H11NO2S/c15-13(16)11-7-17-12(14-11)10-3-1-2-9(6-10)8-4-5-8/h1-3,6-8H,4-5H2,(H,15,16). The molecule has 1 N–H and O–H groups in total. The van der Waals surface area contributed by atoms with Crippen molar-refractivity contribution in [1.82, 2.24) is 4.98 Å². The molecule has 0 bridgehead atoms. The lowest BCUT2D eigenvalue weighted by Gasteiger charge is -2.00. The van der Waals surface area contributed by atoms with Crippen LogP contribution in [0.5, 0.6) is 0 Å². The van der Waals surface area contributed by atoms with E-state index >= 15 is 0 Å². The van der Waals surface area contributed by atoms with Gasteiger partial charge in [-0.25, -0.2) is 9.78 Å². The first kappa shape index (κ1) is 10.5. The smallest absolute Gasteiger partial charge is 0.355 e. The number of nitrogens with zero attached hydrogens (tertiary/aromatic N) is 1. The van der Waals surface area contributed by atoms with Gasteiger partial charge in [-0.2, -0.15) is 0 Å². The van der Waals surface area contributed by atoms with Gasteiger partial charge in [0, 0.05) is 10.9 Å². The predicted octanol–water partition coefficient (Wildman–Crippen LogP) is 3.39. The second kappa shape index (κ2) is 3.96. The van der Waals surface area contributed by atoms with Crippen molar-refractivity contribution >= 4 is 17.3 Å². The number of carbonyl (C=O) groups is 1. The molecule has 1 aliphatic carbocycles. The lowest BCUT2D eigenvalue weighted by molar-refractivity contribution is 0.0691. The molecular formula is C13H11NO2S. The van der Waals surface area contributed by atoms with Crippen molar-refractivity contribution < 1.29 is 9.90 Å². The number of hydrogen-bond donors (Lipinski definition) is 1. The number of aromatic carboxylic acids is 1. The summed E-state index contributed by atoms with van der Waals surface area (Å²) in [6.07, 6.45) is 2.53. The minimum Gasteiger partial charge on any atom is -0.476 e. The minimum absolute atomic E-state index is 0.127. The molecule has 1 saturated carbocycles. The van der Waals surface area contributed by atoms with Gasteiger partial charge in [-0.15, -0.1) is 11.3 Å². The Morgan fingerprint density at radius 2 is 2.24 bits per heavy atom. The minimum atomic E-state index is -0.967. The molecule has 0 radical (unpaired) electrons. The highest BCUT2D eigenvalue weighted by Gasteiger charge is 2.23. The van der Waals surface area contributed by atoms with Gasteiger partial charge in [-0.1, -0.05) is 18.2 Å². The van der Waals surface area contributed by atoms with E-state index in [0.717, 1.165) is 10.6 Å². The van der Waals surface area contributed by atoms with Crippen LogP contribution in [0.1, 0.15) is 34.8 Å². The predicted molar refractivity (Wildman–Crippen MR) is 66.5 cm³/mol. The molecule has 1 aromatic heterocycles. The first-order valence-electron chi connectivity index (χ1n) is 5.53. The van der Waals surface area contributed by atoms with Crippen molar-refractivity contribution in [3.63, 3.8) is 0 Å². The zero-order valence-corrected chi connectivity index (χ0v) is 9.91. The van der Waals surface area contributed by atoms with E-state index in [1.807, 2.05) is 12.1 Å². The summed E-state index contributed by atoms with van der Waals surface area (Å²) < 4.78 is 0. The van der Waals surface area contributed by atoms with Gasteiger partial charge >= 0.3 is 5.97 Å². The lowest BCUT2D eigenvalue weighted by atomic mass is 10.1. The van der Waals surface area contributed by atoms with Crippen LogP contribution in [0.2, 0.25) is 0 Å². The van der Waals surface area contributed by atoms with Crippen LogP contribution in [-0.2, 0) is 0 Å². The molecule has 0 unspecified atom stereocenters. The molecule has 1 aromatic carbocycles. The molecule has 0 atom stereocenters. The molecule has 86 valence electrons. The summed E-state index contributed by atoms with van der Waals surface area (Å²) in [6.45, 7) is 0. The summed E-state index contributed by atoms with van der Waals surface area (Å²) in [4.78, 5) is 14.9. The Balaban J connectivity index is 1.96. The zero-order chi connectivity index (χ0) is 11.8. The van der Waals surface area contributed by atoms with E-state index in [9.17, 15) is 4.79 Å². The Bertz CT molecular complexity index is 572. The van der Waals surface area contributed by atoms with Crippen LogP contribution < -0.4 is 0 Å². The molecule has 3 rings (SSSR count). The fourth-order valence-electron chi connectivity index (χ4n) is 1.85. The Morgan fingerprint density at radius 1 is 1.41 bits per heavy atom. The Hall–Kier alpha value is -1.68. The van der Waals surface area contributed by atoms with E-state index in [1.165, 1.54) is 29.7 Å². The van der Waals surface area contributed by atoms with Gasteiger partial charge in [0.1, 0.15) is 5.01 Å². The summed E-state index contributed by atoms with van der Waals surface area (Å²) in [7, 11) is 0. The third kappa shape index (κ3) is 2.08. The van der Waals surface area contributed by atoms with E-state index < -0.39 is 5.97 Å². The lowest BCUT2D eigenvalue weighted by Crippen LogP contribution is -1.95. The highest BCUT2D eigenvalue weighted by atomic mass is 32.1. The summed E-state index contributed by atoms with van der Waals surface area (Å²) in [5.41, 5.74) is 2.49. The third-order valence-corrected chi connectivity index (χ3v) is 3.80. The number of benzene rings is 1. The molecule has 0 amide bonds. The fourth-order valence-corrected chi connectivity index (χ4v) is 2.64. The zero-order valence-electron chi connectivity index (χ0n) is 9.09. The maximum Gasteiger partial charge on any atom is 0.355 e. The molecule has 1 aliphatic rings. The number of rotatable bonds is 3. The highest BCUT2D eigenvalue weighted by Crippen LogP contribution is 2.41. The van der Waals surface area contributed by atoms with Crippen molar-refractivity contribution in [2.24, 2.45) is 0 Å². The van der Waals surface area contributed by atoms with Crippen molar-refractivity contribution in [2.75, 3.05) is 0 Å². The quantitative estimate of drug-likeness (QED) is 0.901. The van der Waals surface area contributed by atoms with E-state index in [0.29, 0.717) is 5.92 Å². The second-order valence-corrected chi connectivity index (χ2v) is 5.10. The molecule has 1 heterocycles. The summed E-state index contributed by atoms with van der Waals surface area (Å²) in [5, 5.41) is 11.2. The monoisotopic (exact) mass is 245 g/mol. The van der Waals surface area contributed by atoms with Crippen molar-refractivity contribution in [3.05, 3.63) is 40.9 Å². The Kier molecular flexibility index (Phi) is 2.44. The molecule has 4 heteroatoms. The van der Waals surface area contributed by atoms with Gasteiger partial charge in [0.15, 0.2) is 5.69 Å². The van der Waals surface area contributed by atoms with Crippen molar-refractivity contribution in [3.8, 4) is 10.6 Å². The van der Waals surface area contributed by atoms with Gasteiger partial charge in [0.25, 0.3) is 0 Å². The number of thiazole rings is 1. The summed E-state index contributed by atoms with van der Waals surface area (Å²) in [5.74, 6) is -0.264. The highest BCUT2D eigenvalue weighted by molar-refractivity contribution is 7.13. The average molecular weight is 245 g/mol. The average Bonchev–Trinajstić information content (AvgIpc) is 3.06. The van der Waals surface area contributed by atoms with Gasteiger partial charge in [-0.3, -0.25) is 0 Å². The number of aromatic nitrogens is 1. The van der Waals surface area contributed by atoms with Gasteiger partial charge in [0.05, 0.1) is 0 Å². The number of hydrogen-bond acceptors (Lipinski definition) is 3. The van der Waals surface area contributed by atoms with E-state index in [-0.39, 0.29) is 5.69 Å². The van der Waals surface area contributed by atoms with Gasteiger partial charge < -0.3 is 5.11 Å². The molecular weight excluding hydrogens is 234 g/mol. The maximum absolute atomic E-state index is 10.8. The van der Waals surface area contributed by atoms with Crippen LogP contribution in [0.4, 0.5) is 0 Å². The first-order chi connectivity index (χ1) is 8.24. The summed E-state index contributed by atoms with van der Waals surface area (Å²) >= 11 is 1.38. The topological polar surface area (TPSA) is 50.2 Å². The Morgan fingerprint density at radius 3 is 2.88 bits per heavy atom. The molecule has 1 fully saturated rings. The van der Waals surface area contributed by atoms with E-state index in [4.69, 9.17) is 5.11 Å². The van der Waals surface area contributed by atoms with Gasteiger partial charge in [0.2, 0.25) is 0 Å². The van der Waals surface area contributed by atoms with E-state index in [1.54, 1.807) is 5.38 Å². The molecule has 0 saturated heterocycles. The summed E-state index contributed by atoms with van der Waals surface area (Å²) in [6, 6.07) is 8.26. The first-order valence-corrected chi connectivity index (χ1v) is 6.41. The normalized spacial score (nSPS) is 14.8. The van der Waals surface area contributed by atoms with Crippen LogP contribution >= 0.6 is 11.3 Å². The largest absolute Gasteiger partial charge is 0.476 e. The van der Waals surface area contributed by atoms with Crippen LogP contribution in [0.25, 0.3) is 10.6 Å². The van der Waals surface area contributed by atoms with Crippen molar-refractivity contribution in [2.45, 2.75) is 18.8 Å². The molecule has 3 nitrogen and oxygen atoms in total. The SMILES string of the molecule is O=C(O)c1csc(-c2cccc(C3CC3)c2)n1. The van der Waals surface area contributed by atoms with Crippen LogP contribution in [-0.4, -0.2) is 16.1 Å². The molecule has 17 heavy (non-hydrogen) atoms. The maximum atomic E-state index is 10.8. The van der Waals surface area contributed by atoms with Crippen LogP contribution in [0.3, 0.4) is 0 Å². The fraction of sp³-hybridized carbons (Fsp3) is 0.231. The number of carboxylic acid groups (broad SMARTS) is 1. The molecule has 0 aliphatic heterocycles. The second-order valence-electron chi connectivity index (χ2n) is 4.24. The molecule has 2 aromatic rings. The van der Waals surface area contributed by atoms with E-state index in [2.05, 4.69) is 17.1 Å². The van der Waals surface area contributed by atoms with Crippen molar-refractivity contribution in [1.29, 1.82) is 0 Å². The number of carboxylic acids is 1. The Labute approximate surface area is 103 Å². The molecule has 0 spiro atoms. The third-order valence-electron chi connectivity index (χ3n) is 2.91.